The van der Waals surface area contributed by atoms with E-state index in [2.05, 4.69) is 278 Å². The maximum atomic E-state index is 2.48. The normalized spacial score (nSPS) is 11.3. The maximum absolute atomic E-state index is 2.48. The predicted molar refractivity (Wildman–Crippen MR) is 284 cm³/mol. The van der Waals surface area contributed by atoms with Gasteiger partial charge >= 0.3 is 0 Å². The lowest BCUT2D eigenvalue weighted by atomic mass is 9.92. The molecule has 0 saturated heterocycles. The number of hydrogen-bond donors (Lipinski definition) is 0. The van der Waals surface area contributed by atoms with E-state index < -0.39 is 0 Å². The average molecular weight is 852 g/mol. The molecule has 0 atom stereocenters. The van der Waals surface area contributed by atoms with Crippen LogP contribution in [0, 0.1) is 0 Å². The molecule has 0 fully saturated rings. The van der Waals surface area contributed by atoms with Crippen LogP contribution >= 0.6 is 0 Å². The number of nitrogens with zero attached hydrogens (tertiary/aromatic N) is 1. The van der Waals surface area contributed by atoms with Gasteiger partial charge in [-0.1, -0.05) is 231 Å². The zero-order valence-corrected chi connectivity index (χ0v) is 36.9. The zero-order valence-electron chi connectivity index (χ0n) is 36.9. The van der Waals surface area contributed by atoms with Gasteiger partial charge in [0.25, 0.3) is 0 Å². The molecule has 314 valence electrons. The molecular weight excluding hydrogens is 807 g/mol. The highest BCUT2D eigenvalue weighted by Gasteiger charge is 2.19. The maximum Gasteiger partial charge on any atom is 0.0541 e. The summed E-state index contributed by atoms with van der Waals surface area (Å²) in [6.45, 7) is 0. The van der Waals surface area contributed by atoms with Crippen LogP contribution in [0.3, 0.4) is 0 Å². The van der Waals surface area contributed by atoms with Gasteiger partial charge in [-0.25, -0.2) is 0 Å². The molecule has 0 unspecified atom stereocenters. The second-order valence-corrected chi connectivity index (χ2v) is 17.3. The van der Waals surface area contributed by atoms with Gasteiger partial charge in [0.05, 0.1) is 11.0 Å². The van der Waals surface area contributed by atoms with Crippen LogP contribution in [0.15, 0.2) is 273 Å². The molecule has 0 amide bonds. The molecule has 1 heterocycles. The number of benzene rings is 11. The molecule has 0 N–H and O–H groups in total. The molecule has 0 radical (unpaired) electrons. The Hall–Kier alpha value is -8.78. The summed E-state index contributed by atoms with van der Waals surface area (Å²) in [7, 11) is 0. The summed E-state index contributed by atoms with van der Waals surface area (Å²) < 4.78 is 2.48. The molecule has 1 nitrogen and oxygen atoms in total. The Bertz CT molecular complexity index is 3440. The summed E-state index contributed by atoms with van der Waals surface area (Å²) >= 11 is 0. The minimum absolute atomic E-state index is 1.11. The van der Waals surface area contributed by atoms with Gasteiger partial charge in [-0.15, -0.1) is 0 Å². The van der Waals surface area contributed by atoms with E-state index >= 15 is 0 Å². The molecule has 0 aliphatic carbocycles. The van der Waals surface area contributed by atoms with Gasteiger partial charge in [-0.3, -0.25) is 0 Å². The van der Waals surface area contributed by atoms with Gasteiger partial charge in [0, 0.05) is 16.5 Å². The standard InChI is InChI=1S/C66H45N/c1-5-17-46(18-6-1)48-29-33-50(34-30-48)56-41-57(51-35-31-49(32-36-51)47-19-7-2-8-20-47)43-58(42-56)67-65-39-37-54(61-27-15-13-25-59(61)52-21-9-3-10-22-52)44-63(65)64-45-55(38-40-66(64)67)62-28-16-14-26-60(62)53-23-11-4-12-24-53/h1-45H. The fourth-order valence-electron chi connectivity index (χ4n) is 9.89. The Labute approximate surface area is 392 Å². The first-order chi connectivity index (χ1) is 33.2. The highest BCUT2D eigenvalue weighted by Crippen LogP contribution is 2.42. The first-order valence-corrected chi connectivity index (χ1v) is 23.1. The van der Waals surface area contributed by atoms with E-state index in [0.29, 0.717) is 0 Å². The van der Waals surface area contributed by atoms with Crippen LogP contribution in [0.4, 0.5) is 0 Å². The van der Waals surface area contributed by atoms with Crippen molar-refractivity contribution in [3.05, 3.63) is 273 Å². The SMILES string of the molecule is c1ccc(-c2ccc(-c3cc(-c4ccc(-c5ccccc5)cc4)cc(-n4c5ccc(-c6ccccc6-c6ccccc6)cc5c5cc(-c6ccccc6-c6ccccc6)ccc54)c3)cc2)cc1. The molecular formula is C66H45N. The van der Waals surface area contributed by atoms with Gasteiger partial charge in [0.2, 0.25) is 0 Å². The summed E-state index contributed by atoms with van der Waals surface area (Å²) in [4.78, 5) is 0. The average Bonchev–Trinajstić information content (AvgIpc) is 3.75. The summed E-state index contributed by atoms with van der Waals surface area (Å²) in [5.41, 5.74) is 22.6. The summed E-state index contributed by atoms with van der Waals surface area (Å²) in [6, 6.07) is 99.5. The van der Waals surface area contributed by atoms with Gasteiger partial charge in [-0.2, -0.15) is 0 Å². The van der Waals surface area contributed by atoms with Crippen molar-refractivity contribution in [2.24, 2.45) is 0 Å². The van der Waals surface area contributed by atoms with Gasteiger partial charge in [0.1, 0.15) is 0 Å². The lowest BCUT2D eigenvalue weighted by molar-refractivity contribution is 1.18. The summed E-state index contributed by atoms with van der Waals surface area (Å²) in [5.74, 6) is 0. The lowest BCUT2D eigenvalue weighted by Gasteiger charge is -2.15. The molecule has 0 aliphatic rings. The van der Waals surface area contributed by atoms with E-state index in [-0.39, 0.29) is 0 Å². The third-order valence-corrected chi connectivity index (χ3v) is 13.2. The highest BCUT2D eigenvalue weighted by molar-refractivity contribution is 6.12. The smallest absolute Gasteiger partial charge is 0.0541 e. The van der Waals surface area contributed by atoms with Crippen molar-refractivity contribution in [1.29, 1.82) is 0 Å². The van der Waals surface area contributed by atoms with E-state index in [1.807, 2.05) is 0 Å². The van der Waals surface area contributed by atoms with E-state index in [9.17, 15) is 0 Å². The number of fused-ring (bicyclic) bond motifs is 3. The van der Waals surface area contributed by atoms with Crippen LogP contribution < -0.4 is 0 Å². The Balaban J connectivity index is 1.08. The van der Waals surface area contributed by atoms with Crippen molar-refractivity contribution in [2.75, 3.05) is 0 Å². The van der Waals surface area contributed by atoms with E-state index in [0.717, 1.165) is 27.8 Å². The minimum atomic E-state index is 1.11. The Morgan fingerprint density at radius 1 is 0.179 bits per heavy atom. The van der Waals surface area contributed by atoms with Crippen molar-refractivity contribution in [2.45, 2.75) is 0 Å². The van der Waals surface area contributed by atoms with Crippen molar-refractivity contribution >= 4 is 21.8 Å². The first-order valence-electron chi connectivity index (χ1n) is 23.1. The molecule has 0 saturated carbocycles. The molecule has 67 heavy (non-hydrogen) atoms. The topological polar surface area (TPSA) is 4.93 Å². The Kier molecular flexibility index (Phi) is 10.3. The van der Waals surface area contributed by atoms with Crippen molar-refractivity contribution in [3.8, 4) is 94.7 Å². The molecule has 11 aromatic carbocycles. The monoisotopic (exact) mass is 851 g/mol. The second kappa shape index (κ2) is 17.3. The first kappa shape index (κ1) is 39.8. The van der Waals surface area contributed by atoms with Crippen LogP contribution in [-0.2, 0) is 0 Å². The summed E-state index contributed by atoms with van der Waals surface area (Å²) in [6.07, 6.45) is 0. The van der Waals surface area contributed by atoms with Crippen molar-refractivity contribution < 1.29 is 0 Å². The Morgan fingerprint density at radius 2 is 0.448 bits per heavy atom. The molecule has 0 aliphatic heterocycles. The predicted octanol–water partition coefficient (Wildman–Crippen LogP) is 18.1. The number of rotatable bonds is 9. The minimum Gasteiger partial charge on any atom is -0.309 e. The van der Waals surface area contributed by atoms with Crippen molar-refractivity contribution in [3.63, 3.8) is 0 Å². The van der Waals surface area contributed by atoms with Crippen molar-refractivity contribution in [1.82, 2.24) is 4.57 Å². The van der Waals surface area contributed by atoms with Gasteiger partial charge < -0.3 is 4.57 Å². The largest absolute Gasteiger partial charge is 0.309 e. The van der Waals surface area contributed by atoms with Crippen LogP contribution in [0.5, 0.6) is 0 Å². The second-order valence-electron chi connectivity index (χ2n) is 17.3. The lowest BCUT2D eigenvalue weighted by Crippen LogP contribution is -1.96. The van der Waals surface area contributed by atoms with E-state index in [1.54, 1.807) is 0 Å². The molecule has 12 rings (SSSR count). The zero-order chi connectivity index (χ0) is 44.5. The highest BCUT2D eigenvalue weighted by atomic mass is 15.0. The number of aromatic nitrogens is 1. The van der Waals surface area contributed by atoms with Crippen LogP contribution in [0.1, 0.15) is 0 Å². The third kappa shape index (κ3) is 7.63. The molecule has 12 aromatic rings. The number of hydrogen-bond acceptors (Lipinski definition) is 0. The quantitative estimate of drug-likeness (QED) is 0.136. The van der Waals surface area contributed by atoms with E-state index in [1.165, 1.54) is 88.7 Å². The molecule has 1 aromatic heterocycles. The van der Waals surface area contributed by atoms with Crippen LogP contribution in [0.25, 0.3) is 117 Å². The third-order valence-electron chi connectivity index (χ3n) is 13.2. The van der Waals surface area contributed by atoms with Gasteiger partial charge in [-0.05, 0) is 131 Å². The summed E-state index contributed by atoms with van der Waals surface area (Å²) in [5, 5.41) is 2.42. The van der Waals surface area contributed by atoms with Crippen LogP contribution in [0.2, 0.25) is 0 Å². The van der Waals surface area contributed by atoms with Gasteiger partial charge in [0.15, 0.2) is 0 Å². The van der Waals surface area contributed by atoms with E-state index in [4.69, 9.17) is 0 Å². The molecule has 0 bridgehead atoms. The fourth-order valence-corrected chi connectivity index (χ4v) is 9.89. The fraction of sp³-hybridized carbons (Fsp3) is 0. The Morgan fingerprint density at radius 3 is 0.806 bits per heavy atom. The molecule has 1 heteroatoms. The molecule has 0 spiro atoms. The van der Waals surface area contributed by atoms with Crippen LogP contribution in [-0.4, -0.2) is 4.57 Å².